The Kier molecular flexibility index (Phi) is 3.08. The number of nitrogens with zero attached hydrogens (tertiary/aromatic N) is 1. The van der Waals surface area contributed by atoms with Crippen molar-refractivity contribution in [2.24, 2.45) is 0 Å². The summed E-state index contributed by atoms with van der Waals surface area (Å²) in [5, 5.41) is 13.3. The molecule has 1 saturated heterocycles. The molecule has 2 rings (SSSR count). The molecule has 0 aliphatic carbocycles. The third-order valence-corrected chi connectivity index (χ3v) is 3.19. The lowest BCUT2D eigenvalue weighted by Crippen LogP contribution is -2.43. The summed E-state index contributed by atoms with van der Waals surface area (Å²) in [6.07, 6.45) is 0.437. The molecule has 17 heavy (non-hydrogen) atoms. The Bertz CT molecular complexity index is 412. The standard InChI is InChI=1S/C11H18N4O2/c1-7-11(16,4-5-17-7)6-14-9-3-2-8(12)10(13)15-9/h2-3,7,16H,4-6,12H2,1H3,(H3,13,14,15). The van der Waals surface area contributed by atoms with E-state index in [9.17, 15) is 5.11 Å². The van der Waals surface area contributed by atoms with E-state index in [1.54, 1.807) is 12.1 Å². The van der Waals surface area contributed by atoms with E-state index < -0.39 is 5.60 Å². The lowest BCUT2D eigenvalue weighted by molar-refractivity contribution is -0.0176. The van der Waals surface area contributed by atoms with Gasteiger partial charge in [-0.05, 0) is 19.1 Å². The zero-order valence-corrected chi connectivity index (χ0v) is 9.81. The number of aromatic nitrogens is 1. The molecule has 6 heteroatoms. The zero-order chi connectivity index (χ0) is 12.5. The van der Waals surface area contributed by atoms with E-state index in [0.717, 1.165) is 0 Å². The van der Waals surface area contributed by atoms with Crippen molar-refractivity contribution in [1.82, 2.24) is 4.98 Å². The Balaban J connectivity index is 2.00. The van der Waals surface area contributed by atoms with Gasteiger partial charge in [-0.2, -0.15) is 0 Å². The highest BCUT2D eigenvalue weighted by atomic mass is 16.5. The van der Waals surface area contributed by atoms with E-state index in [1.165, 1.54) is 0 Å². The van der Waals surface area contributed by atoms with Gasteiger partial charge in [-0.3, -0.25) is 0 Å². The Labute approximate surface area is 100.0 Å². The van der Waals surface area contributed by atoms with Crippen molar-refractivity contribution in [1.29, 1.82) is 0 Å². The van der Waals surface area contributed by atoms with Gasteiger partial charge in [-0.15, -0.1) is 0 Å². The molecule has 2 heterocycles. The van der Waals surface area contributed by atoms with Crippen molar-refractivity contribution < 1.29 is 9.84 Å². The molecule has 6 N–H and O–H groups in total. The van der Waals surface area contributed by atoms with Crippen LogP contribution in [0.1, 0.15) is 13.3 Å². The van der Waals surface area contributed by atoms with Gasteiger partial charge >= 0.3 is 0 Å². The molecule has 0 aromatic carbocycles. The van der Waals surface area contributed by atoms with Crippen molar-refractivity contribution in [3.8, 4) is 0 Å². The van der Waals surface area contributed by atoms with Gasteiger partial charge in [0.15, 0.2) is 0 Å². The number of nitrogen functional groups attached to an aromatic ring is 2. The molecule has 1 aliphatic heterocycles. The number of hydrogen-bond acceptors (Lipinski definition) is 6. The summed E-state index contributed by atoms with van der Waals surface area (Å²) in [5.74, 6) is 0.891. The summed E-state index contributed by atoms with van der Waals surface area (Å²) in [6, 6.07) is 3.42. The van der Waals surface area contributed by atoms with Gasteiger partial charge in [-0.25, -0.2) is 4.98 Å². The molecule has 1 aliphatic rings. The van der Waals surface area contributed by atoms with E-state index in [1.807, 2.05) is 6.92 Å². The second-order valence-electron chi connectivity index (χ2n) is 4.39. The quantitative estimate of drug-likeness (QED) is 0.599. The number of pyridine rings is 1. The van der Waals surface area contributed by atoms with Crippen LogP contribution in [-0.4, -0.2) is 34.9 Å². The summed E-state index contributed by atoms with van der Waals surface area (Å²) >= 11 is 0. The first kappa shape index (κ1) is 11.9. The van der Waals surface area contributed by atoms with Crippen molar-refractivity contribution >= 4 is 17.3 Å². The van der Waals surface area contributed by atoms with Crippen LogP contribution >= 0.6 is 0 Å². The normalized spacial score (nSPS) is 28.2. The minimum absolute atomic E-state index is 0.180. The molecule has 1 aromatic rings. The summed E-state index contributed by atoms with van der Waals surface area (Å²) < 4.78 is 5.34. The smallest absolute Gasteiger partial charge is 0.149 e. The molecule has 0 radical (unpaired) electrons. The predicted octanol–water partition coefficient (Wildman–Crippen LogP) is 0.198. The van der Waals surface area contributed by atoms with Crippen LogP contribution in [0.15, 0.2) is 12.1 Å². The fraction of sp³-hybridized carbons (Fsp3) is 0.545. The maximum atomic E-state index is 10.3. The third-order valence-electron chi connectivity index (χ3n) is 3.19. The molecule has 0 amide bonds. The monoisotopic (exact) mass is 238 g/mol. The molecule has 2 unspecified atom stereocenters. The van der Waals surface area contributed by atoms with Crippen molar-refractivity contribution in [2.45, 2.75) is 25.0 Å². The van der Waals surface area contributed by atoms with Crippen LogP contribution in [0, 0.1) is 0 Å². The first-order valence-corrected chi connectivity index (χ1v) is 5.61. The number of hydrogen-bond donors (Lipinski definition) is 4. The van der Waals surface area contributed by atoms with Crippen LogP contribution in [0.4, 0.5) is 17.3 Å². The van der Waals surface area contributed by atoms with Gasteiger partial charge in [0.05, 0.1) is 11.8 Å². The molecular weight excluding hydrogens is 220 g/mol. The van der Waals surface area contributed by atoms with E-state index in [2.05, 4.69) is 10.3 Å². The van der Waals surface area contributed by atoms with Crippen LogP contribution < -0.4 is 16.8 Å². The first-order chi connectivity index (χ1) is 8.01. The summed E-state index contributed by atoms with van der Waals surface area (Å²) in [6.45, 7) is 2.82. The second-order valence-corrected chi connectivity index (χ2v) is 4.39. The number of rotatable bonds is 3. The molecule has 1 fully saturated rings. The van der Waals surface area contributed by atoms with Gasteiger partial charge in [0, 0.05) is 19.6 Å². The molecule has 6 nitrogen and oxygen atoms in total. The van der Waals surface area contributed by atoms with Gasteiger partial charge in [-0.1, -0.05) is 0 Å². The number of ether oxygens (including phenoxy) is 1. The Hall–Kier alpha value is -1.53. The largest absolute Gasteiger partial charge is 0.396 e. The van der Waals surface area contributed by atoms with E-state index in [-0.39, 0.29) is 11.9 Å². The van der Waals surface area contributed by atoms with Crippen molar-refractivity contribution in [3.63, 3.8) is 0 Å². The minimum Gasteiger partial charge on any atom is -0.396 e. The number of nitrogens with two attached hydrogens (primary N) is 2. The topological polar surface area (TPSA) is 106 Å². The number of aliphatic hydroxyl groups is 1. The fourth-order valence-electron chi connectivity index (χ4n) is 1.83. The molecule has 0 bridgehead atoms. The highest BCUT2D eigenvalue weighted by molar-refractivity contribution is 5.61. The molecule has 1 aromatic heterocycles. The van der Waals surface area contributed by atoms with Gasteiger partial charge in [0.25, 0.3) is 0 Å². The van der Waals surface area contributed by atoms with Crippen LogP contribution in [0.25, 0.3) is 0 Å². The predicted molar refractivity (Wildman–Crippen MR) is 66.5 cm³/mol. The molecule has 2 atom stereocenters. The molecule has 0 saturated carbocycles. The SMILES string of the molecule is CC1OCCC1(O)CNc1ccc(N)c(N)n1. The third kappa shape index (κ3) is 2.42. The highest BCUT2D eigenvalue weighted by Crippen LogP contribution is 2.26. The Morgan fingerprint density at radius 1 is 1.59 bits per heavy atom. The second kappa shape index (κ2) is 4.38. The van der Waals surface area contributed by atoms with Crippen molar-refractivity contribution in [3.05, 3.63) is 12.1 Å². The lowest BCUT2D eigenvalue weighted by Gasteiger charge is -2.26. The van der Waals surface area contributed by atoms with Crippen LogP contribution in [-0.2, 0) is 4.74 Å². The first-order valence-electron chi connectivity index (χ1n) is 5.61. The minimum atomic E-state index is -0.849. The zero-order valence-electron chi connectivity index (χ0n) is 9.81. The van der Waals surface area contributed by atoms with Gasteiger partial charge < -0.3 is 26.6 Å². The maximum absolute atomic E-state index is 10.3. The lowest BCUT2D eigenvalue weighted by atomic mass is 9.97. The molecule has 94 valence electrons. The summed E-state index contributed by atoms with van der Waals surface area (Å²) in [7, 11) is 0. The molecule has 0 spiro atoms. The van der Waals surface area contributed by atoms with Crippen molar-refractivity contribution in [2.75, 3.05) is 29.9 Å². The average Bonchev–Trinajstić information content (AvgIpc) is 2.62. The van der Waals surface area contributed by atoms with Gasteiger partial charge in [0.2, 0.25) is 0 Å². The Morgan fingerprint density at radius 3 is 2.94 bits per heavy atom. The van der Waals surface area contributed by atoms with Crippen LogP contribution in [0.2, 0.25) is 0 Å². The van der Waals surface area contributed by atoms with Crippen LogP contribution in [0.5, 0.6) is 0 Å². The number of nitrogens with one attached hydrogen (secondary N) is 1. The van der Waals surface area contributed by atoms with E-state index >= 15 is 0 Å². The van der Waals surface area contributed by atoms with E-state index in [0.29, 0.717) is 31.1 Å². The highest BCUT2D eigenvalue weighted by Gasteiger charge is 2.39. The molecular formula is C11H18N4O2. The average molecular weight is 238 g/mol. The van der Waals surface area contributed by atoms with E-state index in [4.69, 9.17) is 16.2 Å². The fourth-order valence-corrected chi connectivity index (χ4v) is 1.83. The maximum Gasteiger partial charge on any atom is 0.149 e. The van der Waals surface area contributed by atoms with Gasteiger partial charge in [0.1, 0.15) is 17.2 Å². The summed E-state index contributed by atoms with van der Waals surface area (Å²) in [4.78, 5) is 4.08. The summed E-state index contributed by atoms with van der Waals surface area (Å²) in [5.41, 5.74) is 10.8. The number of anilines is 3. The Morgan fingerprint density at radius 2 is 2.35 bits per heavy atom. The van der Waals surface area contributed by atoms with Crippen LogP contribution in [0.3, 0.4) is 0 Å².